The van der Waals surface area contributed by atoms with Gasteiger partial charge in [0.25, 0.3) is 0 Å². The zero-order chi connectivity index (χ0) is 12.7. The van der Waals surface area contributed by atoms with Crippen molar-refractivity contribution in [1.82, 2.24) is 4.90 Å². The van der Waals surface area contributed by atoms with Gasteiger partial charge in [-0.2, -0.15) is 5.26 Å². The number of carbonyl (C=O) groups excluding carboxylic acids is 1. The molecule has 17 heavy (non-hydrogen) atoms. The molecule has 0 spiro atoms. The van der Waals surface area contributed by atoms with Gasteiger partial charge in [-0.05, 0) is 25.2 Å². The molecule has 1 rings (SSSR count). The lowest BCUT2D eigenvalue weighted by Crippen LogP contribution is -2.30. The lowest BCUT2D eigenvalue weighted by Gasteiger charge is -2.14. The normalized spacial score (nSPS) is 10.0. The quantitative estimate of drug-likeness (QED) is 0.906. The highest BCUT2D eigenvalue weighted by atomic mass is 79.9. The van der Waals surface area contributed by atoms with E-state index in [1.54, 1.807) is 0 Å². The lowest BCUT2D eigenvalue weighted by atomic mass is 10.3. The van der Waals surface area contributed by atoms with Gasteiger partial charge in [-0.15, -0.1) is 0 Å². The number of benzene rings is 1. The second-order valence-corrected chi connectivity index (χ2v) is 4.62. The van der Waals surface area contributed by atoms with E-state index in [9.17, 15) is 4.79 Å². The molecule has 4 nitrogen and oxygen atoms in total. The molecule has 1 aromatic rings. The van der Waals surface area contributed by atoms with E-state index in [0.717, 1.165) is 10.2 Å². The van der Waals surface area contributed by atoms with Crippen molar-refractivity contribution in [2.24, 2.45) is 0 Å². The Morgan fingerprint density at radius 1 is 1.59 bits per heavy atom. The van der Waals surface area contributed by atoms with Crippen molar-refractivity contribution in [3.8, 4) is 6.07 Å². The van der Waals surface area contributed by atoms with E-state index in [4.69, 9.17) is 5.26 Å². The number of hydrogen-bond acceptors (Lipinski definition) is 3. The summed E-state index contributed by atoms with van der Waals surface area (Å²) in [5.41, 5.74) is 0.762. The maximum absolute atomic E-state index is 11.6. The predicted octanol–water partition coefficient (Wildman–Crippen LogP) is 2.23. The van der Waals surface area contributed by atoms with Gasteiger partial charge in [0.15, 0.2) is 0 Å². The van der Waals surface area contributed by atoms with Crippen LogP contribution in [0.5, 0.6) is 0 Å². The van der Waals surface area contributed by atoms with Crippen LogP contribution in [0.3, 0.4) is 0 Å². The summed E-state index contributed by atoms with van der Waals surface area (Å²) >= 11 is 3.34. The fraction of sp³-hybridized carbons (Fsp3) is 0.333. The minimum absolute atomic E-state index is 0.0801. The predicted molar refractivity (Wildman–Crippen MR) is 70.5 cm³/mol. The highest BCUT2D eigenvalue weighted by Crippen LogP contribution is 2.15. The molecule has 0 atom stereocenters. The molecule has 90 valence electrons. The smallest absolute Gasteiger partial charge is 0.238 e. The number of likely N-dealkylation sites (N-methyl/N-ethyl adjacent to an activating group) is 1. The molecule has 0 saturated heterocycles. The van der Waals surface area contributed by atoms with Crippen molar-refractivity contribution in [3.05, 3.63) is 28.7 Å². The number of halogens is 1. The Kier molecular flexibility index (Phi) is 5.67. The summed E-state index contributed by atoms with van der Waals surface area (Å²) in [5, 5.41) is 11.2. The molecular formula is C12H14BrN3O. The zero-order valence-corrected chi connectivity index (χ0v) is 11.2. The van der Waals surface area contributed by atoms with E-state index in [0.29, 0.717) is 13.0 Å². The van der Waals surface area contributed by atoms with Crippen LogP contribution in [0, 0.1) is 11.3 Å². The topological polar surface area (TPSA) is 56.1 Å². The van der Waals surface area contributed by atoms with Crippen LogP contribution in [0.15, 0.2) is 28.7 Å². The van der Waals surface area contributed by atoms with E-state index in [-0.39, 0.29) is 12.5 Å². The third-order valence-electron chi connectivity index (χ3n) is 2.13. The number of nitrogens with one attached hydrogen (secondary N) is 1. The van der Waals surface area contributed by atoms with Gasteiger partial charge in [0.1, 0.15) is 0 Å². The minimum Gasteiger partial charge on any atom is -0.325 e. The molecule has 0 aliphatic carbocycles. The Hall–Kier alpha value is -1.38. The summed E-state index contributed by atoms with van der Waals surface area (Å²) in [7, 11) is 1.82. The SMILES string of the molecule is CN(CCC#N)CC(=O)Nc1cccc(Br)c1. The number of hydrogen-bond donors (Lipinski definition) is 1. The first-order valence-electron chi connectivity index (χ1n) is 5.22. The molecule has 0 aliphatic rings. The summed E-state index contributed by atoms with van der Waals surface area (Å²) in [4.78, 5) is 13.5. The highest BCUT2D eigenvalue weighted by Gasteiger charge is 2.06. The van der Waals surface area contributed by atoms with Crippen LogP contribution < -0.4 is 5.32 Å². The van der Waals surface area contributed by atoms with Crippen molar-refractivity contribution < 1.29 is 4.79 Å². The first kappa shape index (κ1) is 13.7. The Bertz CT molecular complexity index is 428. The summed E-state index contributed by atoms with van der Waals surface area (Å²) in [6.45, 7) is 0.886. The maximum atomic E-state index is 11.6. The average Bonchev–Trinajstić information content (AvgIpc) is 2.26. The van der Waals surface area contributed by atoms with E-state index in [1.165, 1.54) is 0 Å². The molecule has 0 radical (unpaired) electrons. The summed E-state index contributed by atoms with van der Waals surface area (Å²) < 4.78 is 0.924. The van der Waals surface area contributed by atoms with Crippen LogP contribution in [-0.2, 0) is 4.79 Å². The zero-order valence-electron chi connectivity index (χ0n) is 9.61. The molecule has 0 bridgehead atoms. The van der Waals surface area contributed by atoms with Crippen molar-refractivity contribution >= 4 is 27.5 Å². The fourth-order valence-electron chi connectivity index (χ4n) is 1.33. The van der Waals surface area contributed by atoms with Crippen LogP contribution in [0.4, 0.5) is 5.69 Å². The second kappa shape index (κ2) is 7.05. The van der Waals surface area contributed by atoms with E-state index < -0.39 is 0 Å². The molecule has 0 heterocycles. The molecular weight excluding hydrogens is 282 g/mol. The average molecular weight is 296 g/mol. The molecule has 1 amide bonds. The number of carbonyl (C=O) groups is 1. The van der Waals surface area contributed by atoms with Gasteiger partial charge in [0.05, 0.1) is 12.6 Å². The molecule has 0 aromatic heterocycles. The molecule has 0 aliphatic heterocycles. The van der Waals surface area contributed by atoms with Gasteiger partial charge in [0.2, 0.25) is 5.91 Å². The molecule has 0 fully saturated rings. The fourth-order valence-corrected chi connectivity index (χ4v) is 1.73. The first-order valence-corrected chi connectivity index (χ1v) is 6.02. The Labute approximate surface area is 109 Å². The standard InChI is InChI=1S/C12H14BrN3O/c1-16(7-3-6-14)9-12(17)15-11-5-2-4-10(13)8-11/h2,4-5,8H,3,7,9H2,1H3,(H,15,17). The number of amides is 1. The van der Waals surface area contributed by atoms with Crippen LogP contribution in [0.2, 0.25) is 0 Å². The summed E-state index contributed by atoms with van der Waals surface area (Å²) in [6.07, 6.45) is 0.431. The van der Waals surface area contributed by atoms with Gasteiger partial charge in [-0.3, -0.25) is 9.69 Å². The molecule has 5 heteroatoms. The number of rotatable bonds is 5. The van der Waals surface area contributed by atoms with Crippen LogP contribution in [-0.4, -0.2) is 30.9 Å². The maximum Gasteiger partial charge on any atom is 0.238 e. The van der Waals surface area contributed by atoms with Gasteiger partial charge in [-0.25, -0.2) is 0 Å². The van der Waals surface area contributed by atoms with E-state index >= 15 is 0 Å². The van der Waals surface area contributed by atoms with E-state index in [1.807, 2.05) is 42.3 Å². The third kappa shape index (κ3) is 5.48. The first-order chi connectivity index (χ1) is 8.11. The highest BCUT2D eigenvalue weighted by molar-refractivity contribution is 9.10. The van der Waals surface area contributed by atoms with Gasteiger partial charge < -0.3 is 5.32 Å². The van der Waals surface area contributed by atoms with Crippen molar-refractivity contribution in [2.75, 3.05) is 25.5 Å². The van der Waals surface area contributed by atoms with E-state index in [2.05, 4.69) is 21.2 Å². The van der Waals surface area contributed by atoms with Crippen LogP contribution >= 0.6 is 15.9 Å². The second-order valence-electron chi connectivity index (χ2n) is 3.70. The molecule has 0 saturated carbocycles. The van der Waals surface area contributed by atoms with Gasteiger partial charge >= 0.3 is 0 Å². The lowest BCUT2D eigenvalue weighted by molar-refractivity contribution is -0.117. The Morgan fingerprint density at radius 3 is 3.00 bits per heavy atom. The third-order valence-corrected chi connectivity index (χ3v) is 2.62. The largest absolute Gasteiger partial charge is 0.325 e. The number of nitriles is 1. The summed E-state index contributed by atoms with van der Waals surface area (Å²) in [5.74, 6) is -0.0801. The Balaban J connectivity index is 2.42. The van der Waals surface area contributed by atoms with Crippen molar-refractivity contribution in [1.29, 1.82) is 5.26 Å². The van der Waals surface area contributed by atoms with Crippen LogP contribution in [0.25, 0.3) is 0 Å². The van der Waals surface area contributed by atoms with Gasteiger partial charge in [-0.1, -0.05) is 22.0 Å². The number of anilines is 1. The Morgan fingerprint density at radius 2 is 2.35 bits per heavy atom. The minimum atomic E-state index is -0.0801. The van der Waals surface area contributed by atoms with Crippen molar-refractivity contribution in [2.45, 2.75) is 6.42 Å². The van der Waals surface area contributed by atoms with Crippen LogP contribution in [0.1, 0.15) is 6.42 Å². The number of nitrogens with zero attached hydrogens (tertiary/aromatic N) is 2. The molecule has 1 aromatic carbocycles. The van der Waals surface area contributed by atoms with Crippen molar-refractivity contribution in [3.63, 3.8) is 0 Å². The van der Waals surface area contributed by atoms with Gasteiger partial charge in [0, 0.05) is 23.1 Å². The molecule has 1 N–H and O–H groups in total. The molecule has 0 unspecified atom stereocenters. The monoisotopic (exact) mass is 295 g/mol. The summed E-state index contributed by atoms with van der Waals surface area (Å²) in [6, 6.07) is 9.48.